The highest BCUT2D eigenvalue weighted by atomic mass is 31.2. The molecule has 0 amide bonds. The van der Waals surface area contributed by atoms with E-state index in [-0.39, 0.29) is 31.7 Å². The number of nitrogens with two attached hydrogens (primary N) is 2. The predicted octanol–water partition coefficient (Wildman–Crippen LogP) is 1.19. The third kappa shape index (κ3) is 16.3. The summed E-state index contributed by atoms with van der Waals surface area (Å²) in [5, 5.41) is 29.5. The minimum absolute atomic E-state index is 0.0225. The fourth-order valence-electron chi connectivity index (χ4n) is 5.03. The normalized spacial score (nSPS) is 31.9. The summed E-state index contributed by atoms with van der Waals surface area (Å²) < 4.78 is 54.8. The Morgan fingerprint density at radius 2 is 1.22 bits per heavy atom. The highest BCUT2D eigenvalue weighted by molar-refractivity contribution is 7.46. The van der Waals surface area contributed by atoms with Crippen LogP contribution in [-0.4, -0.2) is 97.1 Å². The monoisotopic (exact) mass is 692 g/mol. The van der Waals surface area contributed by atoms with Crippen molar-refractivity contribution in [3.8, 4) is 0 Å². The van der Waals surface area contributed by atoms with E-state index in [0.717, 1.165) is 12.8 Å². The van der Waals surface area contributed by atoms with Gasteiger partial charge in [-0.1, -0.05) is 34.1 Å². The van der Waals surface area contributed by atoms with Crippen molar-refractivity contribution in [3.05, 3.63) is 0 Å². The van der Waals surface area contributed by atoms with Gasteiger partial charge in [0.25, 0.3) is 15.6 Å². The predicted molar refractivity (Wildman–Crippen MR) is 164 cm³/mol. The molecular formula is C28H58N2O13P2-2. The largest absolute Gasteiger partial charge is 0.756 e. The number of rotatable bonds is 20. The first-order valence-electron chi connectivity index (χ1n) is 15.9. The van der Waals surface area contributed by atoms with Crippen LogP contribution in [-0.2, 0) is 36.7 Å². The first-order chi connectivity index (χ1) is 21.0. The van der Waals surface area contributed by atoms with Crippen LogP contribution in [0.2, 0.25) is 0 Å². The van der Waals surface area contributed by atoms with Gasteiger partial charge >= 0.3 is 0 Å². The molecule has 0 aromatic heterocycles. The van der Waals surface area contributed by atoms with E-state index in [2.05, 4.69) is 0 Å². The molecule has 3 unspecified atom stereocenters. The van der Waals surface area contributed by atoms with Crippen LogP contribution in [0.5, 0.6) is 0 Å². The molecule has 45 heavy (non-hydrogen) atoms. The lowest BCUT2D eigenvalue weighted by atomic mass is 10.00. The van der Waals surface area contributed by atoms with Crippen LogP contribution >= 0.6 is 15.6 Å². The summed E-state index contributed by atoms with van der Waals surface area (Å²) in [5.41, 5.74) is 10.7. The highest BCUT2D eigenvalue weighted by Gasteiger charge is 2.45. The summed E-state index contributed by atoms with van der Waals surface area (Å²) in [7, 11) is -9.08. The Morgan fingerprint density at radius 1 is 0.778 bits per heavy atom. The van der Waals surface area contributed by atoms with Crippen molar-refractivity contribution in [2.45, 2.75) is 129 Å². The van der Waals surface area contributed by atoms with E-state index in [0.29, 0.717) is 44.7 Å². The van der Waals surface area contributed by atoms with Gasteiger partial charge in [-0.3, -0.25) is 9.13 Å². The minimum atomic E-state index is -4.62. The summed E-state index contributed by atoms with van der Waals surface area (Å²) in [5.74, 6) is 0.266. The highest BCUT2D eigenvalue weighted by Crippen LogP contribution is 2.45. The summed E-state index contributed by atoms with van der Waals surface area (Å²) in [6.07, 6.45) is -2.04. The molecule has 0 radical (unpaired) electrons. The maximum absolute atomic E-state index is 12.1. The Morgan fingerprint density at radius 3 is 1.62 bits per heavy atom. The molecule has 0 aliphatic carbocycles. The molecule has 0 saturated carbocycles. The lowest BCUT2D eigenvalue weighted by Gasteiger charge is -2.31. The van der Waals surface area contributed by atoms with E-state index in [1.807, 2.05) is 27.7 Å². The number of phosphoric ester groups is 2. The molecule has 15 nitrogen and oxygen atoms in total. The van der Waals surface area contributed by atoms with Gasteiger partial charge in [-0.15, -0.1) is 0 Å². The minimum Gasteiger partial charge on any atom is -0.756 e. The standard InChI is InChI=1S/C16H34NO7P.C12H26NO6P/c1-11(2)8-14-16(15(19)12(3)23-14)24-25(20,21)22-10-13(9-18)6-4-5-7-17;1-8(2)7-10-12(11(14)9(3)18-10)19-20(15,16)17-6-4-5-13/h11-16,18-19H,4-10,17H2,1-3H3,(H,20,21);8-12,14H,4-7,13H2,1-3H3,(H,15,16)/p-2/t12-,13?,14+,15-,16+;9-,10+,11-,12+/m00/s1. The van der Waals surface area contributed by atoms with E-state index in [1.54, 1.807) is 13.8 Å². The van der Waals surface area contributed by atoms with E-state index in [9.17, 15) is 34.2 Å². The number of phosphoric acid groups is 2. The molecule has 2 saturated heterocycles. The molecule has 11 atom stereocenters. The number of aliphatic hydroxyl groups excluding tert-OH is 3. The second kappa shape index (κ2) is 21.1. The van der Waals surface area contributed by atoms with Gasteiger partial charge in [0, 0.05) is 12.5 Å². The van der Waals surface area contributed by atoms with Crippen molar-refractivity contribution in [2.24, 2.45) is 29.2 Å². The van der Waals surface area contributed by atoms with Crippen molar-refractivity contribution < 1.29 is 61.8 Å². The summed E-state index contributed by atoms with van der Waals surface area (Å²) in [6, 6.07) is 0. The van der Waals surface area contributed by atoms with Gasteiger partial charge in [0.2, 0.25) is 0 Å². The van der Waals surface area contributed by atoms with E-state index in [1.165, 1.54) is 0 Å². The van der Waals surface area contributed by atoms with Crippen LogP contribution in [0, 0.1) is 17.8 Å². The summed E-state index contributed by atoms with van der Waals surface area (Å²) in [4.78, 5) is 23.9. The zero-order valence-electron chi connectivity index (χ0n) is 27.6. The Kier molecular flexibility index (Phi) is 20.2. The van der Waals surface area contributed by atoms with Gasteiger partial charge in [0.15, 0.2) is 0 Å². The van der Waals surface area contributed by atoms with E-state index < -0.39 is 64.5 Å². The maximum Gasteiger partial charge on any atom is 0.268 e. The molecule has 2 fully saturated rings. The van der Waals surface area contributed by atoms with Crippen LogP contribution < -0.4 is 21.3 Å². The van der Waals surface area contributed by atoms with E-state index in [4.69, 9.17) is 39.0 Å². The summed E-state index contributed by atoms with van der Waals surface area (Å²) in [6.45, 7) is 11.8. The second-order valence-corrected chi connectivity index (χ2v) is 15.4. The quantitative estimate of drug-likeness (QED) is 0.0888. The van der Waals surface area contributed by atoms with Crippen LogP contribution in [0.3, 0.4) is 0 Å². The van der Waals surface area contributed by atoms with Crippen LogP contribution in [0.1, 0.15) is 80.1 Å². The van der Waals surface area contributed by atoms with Crippen LogP contribution in [0.15, 0.2) is 0 Å². The summed E-state index contributed by atoms with van der Waals surface area (Å²) >= 11 is 0. The van der Waals surface area contributed by atoms with Crippen LogP contribution in [0.4, 0.5) is 0 Å². The fourth-order valence-corrected chi connectivity index (χ4v) is 7.02. The molecule has 0 bridgehead atoms. The zero-order chi connectivity index (χ0) is 34.4. The van der Waals surface area contributed by atoms with Gasteiger partial charge in [0.1, 0.15) is 24.4 Å². The SMILES string of the molecule is CC(C)C[C@H]1O[C@@H](C)[C@H](O)[C@@H]1OP(=O)([O-])OCC(CO)CCCCN.CC(C)C[C@H]1O[C@@H](C)[C@H](O)[C@@H]1OP(=O)([O-])OCCCN. The van der Waals surface area contributed by atoms with Gasteiger partial charge < -0.3 is 64.1 Å². The van der Waals surface area contributed by atoms with Gasteiger partial charge in [-0.25, -0.2) is 0 Å². The molecule has 2 heterocycles. The maximum atomic E-state index is 12.1. The zero-order valence-corrected chi connectivity index (χ0v) is 29.4. The lowest BCUT2D eigenvalue weighted by molar-refractivity contribution is -0.235. The average molecular weight is 693 g/mol. The van der Waals surface area contributed by atoms with Crippen molar-refractivity contribution in [1.82, 2.24) is 0 Å². The number of unbranched alkanes of at least 4 members (excludes halogenated alkanes) is 1. The Bertz CT molecular complexity index is 899. The number of hydrogen-bond donors (Lipinski definition) is 5. The smallest absolute Gasteiger partial charge is 0.268 e. The number of ether oxygens (including phenoxy) is 2. The van der Waals surface area contributed by atoms with Crippen molar-refractivity contribution >= 4 is 15.6 Å². The Labute approximate surface area is 268 Å². The van der Waals surface area contributed by atoms with Crippen molar-refractivity contribution in [3.63, 3.8) is 0 Å². The molecule has 270 valence electrons. The first-order valence-corrected chi connectivity index (χ1v) is 18.8. The molecule has 0 aromatic carbocycles. The van der Waals surface area contributed by atoms with Crippen molar-refractivity contribution in [1.29, 1.82) is 0 Å². The van der Waals surface area contributed by atoms with Gasteiger partial charge in [-0.2, -0.15) is 0 Å². The third-order valence-corrected chi connectivity index (χ3v) is 9.41. The average Bonchev–Trinajstić information content (AvgIpc) is 3.33. The Balaban J connectivity index is 0.000000461. The molecule has 0 aromatic rings. The molecule has 2 aliphatic heterocycles. The third-order valence-electron chi connectivity index (χ3n) is 7.45. The fraction of sp³-hybridized carbons (Fsp3) is 1.00. The number of aliphatic hydroxyl groups is 3. The van der Waals surface area contributed by atoms with Crippen LogP contribution in [0.25, 0.3) is 0 Å². The Hall–Kier alpha value is -0.0600. The molecular weight excluding hydrogens is 634 g/mol. The molecule has 17 heteroatoms. The number of hydrogen-bond acceptors (Lipinski definition) is 15. The van der Waals surface area contributed by atoms with E-state index >= 15 is 0 Å². The first kappa shape index (κ1) is 43.0. The molecule has 7 N–H and O–H groups in total. The molecule has 2 aliphatic rings. The second-order valence-electron chi connectivity index (χ2n) is 12.6. The van der Waals surface area contributed by atoms with Gasteiger partial charge in [-0.05, 0) is 70.9 Å². The molecule has 0 spiro atoms. The molecule has 2 rings (SSSR count). The van der Waals surface area contributed by atoms with Crippen molar-refractivity contribution in [2.75, 3.05) is 32.9 Å². The lowest BCUT2D eigenvalue weighted by Crippen LogP contribution is -2.36. The van der Waals surface area contributed by atoms with Gasteiger partial charge in [0.05, 0.1) is 37.6 Å². The topological polar surface area (TPSA) is 248 Å².